The number of nitrogens with zero attached hydrogens (tertiary/aromatic N) is 2. The molecular formula is H2N2O8S. The monoisotopic (exact) mass is 190 g/mol. The van der Waals surface area contributed by atoms with E-state index in [0.717, 1.165) is 0 Å². The van der Waals surface area contributed by atoms with Crippen LogP contribution in [0.25, 0.3) is 0 Å². The lowest BCUT2D eigenvalue weighted by Gasteiger charge is -1.74. The van der Waals surface area contributed by atoms with Crippen LogP contribution in [0.15, 0.2) is 5.34 Å². The third-order valence-corrected chi connectivity index (χ3v) is 0.100. The van der Waals surface area contributed by atoms with Gasteiger partial charge in [-0.25, -0.2) is 10.1 Å². The normalized spacial score (nSPS) is 8.91. The summed E-state index contributed by atoms with van der Waals surface area (Å²) in [4.78, 5) is 20.4. The standard InChI is InChI=1S/N2O4.H2O4S/c3-1-6-2(4)5;1-5(2,3)4/h;(H2,1,2,3,4). The van der Waals surface area contributed by atoms with Crippen LogP contribution in [-0.4, -0.2) is 22.6 Å². The molecule has 0 aliphatic heterocycles. The van der Waals surface area contributed by atoms with Crippen LogP contribution in [0.3, 0.4) is 0 Å². The predicted octanol–water partition coefficient (Wildman–Crippen LogP) is -0.777. The summed E-state index contributed by atoms with van der Waals surface area (Å²) in [5.41, 5.74) is 0. The van der Waals surface area contributed by atoms with Gasteiger partial charge in [0.25, 0.3) is 0 Å². The molecule has 0 aromatic carbocycles. The maximum Gasteiger partial charge on any atom is 0.394 e. The third-order valence-electron chi connectivity index (χ3n) is 0.100. The molecular weight excluding hydrogens is 188 g/mol. The van der Waals surface area contributed by atoms with Gasteiger partial charge < -0.3 is 0 Å². The fourth-order valence-electron chi connectivity index (χ4n) is 0.0272. The second-order valence-corrected chi connectivity index (χ2v) is 1.72. The number of hydrogen-bond donors (Lipinski definition) is 2. The molecule has 0 aliphatic carbocycles. The van der Waals surface area contributed by atoms with Crippen molar-refractivity contribution in [2.24, 2.45) is 5.34 Å². The molecule has 0 aromatic rings. The number of hydrogen-bond acceptors (Lipinski definition) is 7. The molecule has 0 bridgehead atoms. The first-order chi connectivity index (χ1) is 4.77. The summed E-state index contributed by atoms with van der Waals surface area (Å²) in [6.07, 6.45) is 0. The molecule has 2 N–H and O–H groups in total. The Morgan fingerprint density at radius 3 is 1.73 bits per heavy atom. The topological polar surface area (TPSA) is 156 Å². The highest BCUT2D eigenvalue weighted by Gasteiger charge is 1.84. The molecule has 0 saturated heterocycles. The maximum absolute atomic E-state index is 8.89. The van der Waals surface area contributed by atoms with E-state index in [4.69, 9.17) is 32.5 Å². The van der Waals surface area contributed by atoms with Crippen molar-refractivity contribution >= 4 is 10.4 Å². The van der Waals surface area contributed by atoms with Crippen LogP contribution < -0.4 is 0 Å². The van der Waals surface area contributed by atoms with Gasteiger partial charge in [0, 0.05) is 4.91 Å². The Balaban J connectivity index is 0. The molecule has 0 rings (SSSR count). The summed E-state index contributed by atoms with van der Waals surface area (Å²) in [6, 6.07) is 0. The molecule has 0 heterocycles. The Morgan fingerprint density at radius 1 is 1.45 bits per heavy atom. The van der Waals surface area contributed by atoms with Crippen molar-refractivity contribution in [1.29, 1.82) is 0 Å². The van der Waals surface area contributed by atoms with Gasteiger partial charge in [0.15, 0.2) is 5.09 Å². The summed E-state index contributed by atoms with van der Waals surface area (Å²) in [7, 11) is -4.67. The highest BCUT2D eigenvalue weighted by molar-refractivity contribution is 7.79. The molecule has 10 nitrogen and oxygen atoms in total. The first-order valence-corrected chi connectivity index (χ1v) is 3.01. The average Bonchev–Trinajstić information content (AvgIpc) is 1.58. The van der Waals surface area contributed by atoms with Gasteiger partial charge in [0.1, 0.15) is 0 Å². The van der Waals surface area contributed by atoms with Gasteiger partial charge in [-0.1, -0.05) is 0 Å². The molecule has 0 radical (unpaired) electrons. The van der Waals surface area contributed by atoms with Crippen LogP contribution in [0, 0.1) is 15.0 Å². The van der Waals surface area contributed by atoms with E-state index in [1.54, 1.807) is 0 Å². The second-order valence-electron chi connectivity index (χ2n) is 0.828. The SMILES string of the molecule is O=NO[N+](=O)[O-].O=S(=O)(O)O. The van der Waals surface area contributed by atoms with Crippen molar-refractivity contribution in [3.8, 4) is 0 Å². The van der Waals surface area contributed by atoms with Crippen molar-refractivity contribution in [1.82, 2.24) is 0 Å². The van der Waals surface area contributed by atoms with Crippen LogP contribution in [0.1, 0.15) is 0 Å². The molecule has 0 unspecified atom stereocenters. The van der Waals surface area contributed by atoms with Crippen LogP contribution in [0.4, 0.5) is 0 Å². The second kappa shape index (κ2) is 5.45. The van der Waals surface area contributed by atoms with Gasteiger partial charge in [-0.15, -0.1) is 4.94 Å². The lowest BCUT2D eigenvalue weighted by Crippen LogP contribution is -1.90. The molecule has 11 heavy (non-hydrogen) atoms. The Labute approximate surface area is 59.4 Å². The summed E-state index contributed by atoms with van der Waals surface area (Å²) in [5.74, 6) is 0. The highest BCUT2D eigenvalue weighted by atomic mass is 32.3. The van der Waals surface area contributed by atoms with E-state index in [9.17, 15) is 0 Å². The Bertz CT molecular complexity index is 204. The van der Waals surface area contributed by atoms with Crippen molar-refractivity contribution in [2.45, 2.75) is 0 Å². The van der Waals surface area contributed by atoms with Crippen molar-refractivity contribution in [3.63, 3.8) is 0 Å². The predicted molar refractivity (Wildman–Crippen MR) is 28.1 cm³/mol. The smallest absolute Gasteiger partial charge is 0.264 e. The van der Waals surface area contributed by atoms with E-state index in [1.807, 2.05) is 0 Å². The minimum absolute atomic E-state index is 1.30. The molecule has 0 amide bonds. The van der Waals surface area contributed by atoms with E-state index in [-0.39, 0.29) is 0 Å². The molecule has 0 saturated carbocycles. The average molecular weight is 190 g/mol. The van der Waals surface area contributed by atoms with E-state index in [0.29, 0.717) is 0 Å². The fourth-order valence-corrected chi connectivity index (χ4v) is 0.0272. The highest BCUT2D eigenvalue weighted by Crippen LogP contribution is 1.68. The van der Waals surface area contributed by atoms with E-state index in [2.05, 4.69) is 4.94 Å². The Morgan fingerprint density at radius 2 is 1.73 bits per heavy atom. The van der Waals surface area contributed by atoms with Crippen LogP contribution in [0.5, 0.6) is 0 Å². The van der Waals surface area contributed by atoms with Crippen molar-refractivity contribution in [3.05, 3.63) is 15.0 Å². The zero-order valence-electron chi connectivity index (χ0n) is 4.65. The molecule has 0 atom stereocenters. The molecule has 0 spiro atoms. The minimum Gasteiger partial charge on any atom is -0.264 e. The van der Waals surface area contributed by atoms with Gasteiger partial charge in [-0.2, -0.15) is 8.42 Å². The van der Waals surface area contributed by atoms with Crippen LogP contribution in [0.2, 0.25) is 0 Å². The van der Waals surface area contributed by atoms with E-state index < -0.39 is 15.5 Å². The van der Waals surface area contributed by atoms with E-state index in [1.165, 1.54) is 5.34 Å². The van der Waals surface area contributed by atoms with Gasteiger partial charge in [0.2, 0.25) is 0 Å². The van der Waals surface area contributed by atoms with Gasteiger partial charge >= 0.3 is 15.7 Å². The van der Waals surface area contributed by atoms with Crippen LogP contribution >= 0.6 is 0 Å². The first-order valence-electron chi connectivity index (χ1n) is 1.61. The Hall–Kier alpha value is -1.33. The molecule has 0 aromatic heterocycles. The first kappa shape index (κ1) is 12.4. The Kier molecular flexibility index (Phi) is 6.13. The quantitative estimate of drug-likeness (QED) is 0.248. The zero-order valence-corrected chi connectivity index (χ0v) is 5.46. The van der Waals surface area contributed by atoms with E-state index >= 15 is 0 Å². The van der Waals surface area contributed by atoms with Gasteiger partial charge in [-0.05, 0) is 0 Å². The largest absolute Gasteiger partial charge is 0.394 e. The lowest BCUT2D eigenvalue weighted by molar-refractivity contribution is -0.760. The van der Waals surface area contributed by atoms with Crippen molar-refractivity contribution in [2.75, 3.05) is 0 Å². The van der Waals surface area contributed by atoms with Crippen molar-refractivity contribution < 1.29 is 27.5 Å². The minimum atomic E-state index is -4.67. The van der Waals surface area contributed by atoms with Gasteiger partial charge in [0.05, 0.1) is 0 Å². The molecule has 11 heteroatoms. The summed E-state index contributed by atoms with van der Waals surface area (Å²) in [6.45, 7) is 0. The summed E-state index contributed by atoms with van der Waals surface area (Å²) < 4.78 is 31.6. The third kappa shape index (κ3) is 138. The molecule has 66 valence electrons. The molecule has 0 fully saturated rings. The lowest BCUT2D eigenvalue weighted by atomic mass is 13.0. The summed E-state index contributed by atoms with van der Waals surface area (Å²) in [5, 5.41) is 9.08. The fraction of sp³-hybridized carbons (Fsp3) is 0. The van der Waals surface area contributed by atoms with Gasteiger partial charge in [-0.3, -0.25) is 9.11 Å². The summed E-state index contributed by atoms with van der Waals surface area (Å²) >= 11 is 0. The van der Waals surface area contributed by atoms with Crippen LogP contribution in [-0.2, 0) is 15.3 Å². The maximum atomic E-state index is 8.89. The number of rotatable bonds is 2. The molecule has 0 aliphatic rings. The zero-order chi connectivity index (χ0) is 9.49.